The molecule has 432 valence electrons. The molecule has 0 radical (unpaired) electrons. The van der Waals surface area contributed by atoms with Crippen LogP contribution in [0.3, 0.4) is 0 Å². The molecule has 0 bridgehead atoms. The molecule has 0 amide bonds. The molecule has 0 aliphatic carbocycles. The molecule has 0 aliphatic rings. The molecule has 0 aromatic carbocycles. The van der Waals surface area contributed by atoms with Gasteiger partial charge in [-0.25, -0.2) is 0 Å². The number of carbonyl (C=O) groups is 3. The maximum atomic E-state index is 12.9. The number of carbonyl (C=O) groups excluding carboxylic acids is 3. The third-order valence-electron chi connectivity index (χ3n) is 15.3. The molecular formula is C67H128O6. The topological polar surface area (TPSA) is 78.9 Å². The minimum absolute atomic E-state index is 0.0648. The van der Waals surface area contributed by atoms with E-state index in [1.165, 1.54) is 283 Å². The Balaban J connectivity index is 4.08. The van der Waals surface area contributed by atoms with E-state index in [1.807, 2.05) is 0 Å². The number of hydrogen-bond acceptors (Lipinski definition) is 6. The maximum Gasteiger partial charge on any atom is 0.306 e. The molecule has 0 aromatic heterocycles. The van der Waals surface area contributed by atoms with E-state index < -0.39 is 6.10 Å². The van der Waals surface area contributed by atoms with Crippen LogP contribution >= 0.6 is 0 Å². The second kappa shape index (κ2) is 62.7. The number of allylic oxidation sites excluding steroid dienone is 2. The summed E-state index contributed by atoms with van der Waals surface area (Å²) in [6.45, 7) is 6.68. The molecular weight excluding hydrogens is 901 g/mol. The fraction of sp³-hybridized carbons (Fsp3) is 0.925. The van der Waals surface area contributed by atoms with Gasteiger partial charge in [-0.1, -0.05) is 328 Å². The first-order valence-electron chi connectivity index (χ1n) is 33.2. The largest absolute Gasteiger partial charge is 0.462 e. The molecule has 0 aromatic rings. The van der Waals surface area contributed by atoms with Crippen molar-refractivity contribution in [2.75, 3.05) is 13.2 Å². The Bertz CT molecular complexity index is 1130. The predicted octanol–water partition coefficient (Wildman–Crippen LogP) is 22.4. The lowest BCUT2D eigenvalue weighted by atomic mass is 10.0. The van der Waals surface area contributed by atoms with E-state index in [9.17, 15) is 14.4 Å². The Labute approximate surface area is 456 Å². The molecule has 0 N–H and O–H groups in total. The summed E-state index contributed by atoms with van der Waals surface area (Å²) in [6, 6.07) is 0. The first-order chi connectivity index (χ1) is 36.0. The molecule has 0 rings (SSSR count). The molecule has 0 fully saturated rings. The fourth-order valence-corrected chi connectivity index (χ4v) is 10.3. The Hall–Kier alpha value is -1.85. The highest BCUT2D eigenvalue weighted by Crippen LogP contribution is 2.18. The zero-order valence-corrected chi connectivity index (χ0v) is 49.7. The average molecular weight is 1030 g/mol. The Morgan fingerprint density at radius 3 is 0.685 bits per heavy atom. The van der Waals surface area contributed by atoms with Crippen LogP contribution in [0, 0.1) is 0 Å². The number of hydrogen-bond donors (Lipinski definition) is 0. The molecule has 0 saturated carbocycles. The van der Waals surface area contributed by atoms with E-state index in [1.54, 1.807) is 0 Å². The third-order valence-corrected chi connectivity index (χ3v) is 15.3. The lowest BCUT2D eigenvalue weighted by Gasteiger charge is -2.18. The van der Waals surface area contributed by atoms with Crippen molar-refractivity contribution in [2.45, 2.75) is 386 Å². The van der Waals surface area contributed by atoms with Crippen LogP contribution in [0.5, 0.6) is 0 Å². The van der Waals surface area contributed by atoms with Crippen LogP contribution in [0.4, 0.5) is 0 Å². The van der Waals surface area contributed by atoms with E-state index in [2.05, 4.69) is 32.9 Å². The summed E-state index contributed by atoms with van der Waals surface area (Å²) < 4.78 is 16.9. The second-order valence-corrected chi connectivity index (χ2v) is 22.7. The number of unbranched alkanes of at least 4 members (excludes halogenated alkanes) is 49. The van der Waals surface area contributed by atoms with Crippen LogP contribution < -0.4 is 0 Å². The van der Waals surface area contributed by atoms with Gasteiger partial charge in [-0.2, -0.15) is 0 Å². The Morgan fingerprint density at radius 1 is 0.260 bits per heavy atom. The molecule has 0 spiro atoms. The van der Waals surface area contributed by atoms with Crippen LogP contribution in [0.25, 0.3) is 0 Å². The zero-order valence-electron chi connectivity index (χ0n) is 49.7. The monoisotopic (exact) mass is 1030 g/mol. The molecule has 0 saturated heterocycles. The minimum atomic E-state index is -0.765. The first-order valence-corrected chi connectivity index (χ1v) is 33.2. The highest BCUT2D eigenvalue weighted by atomic mass is 16.6. The van der Waals surface area contributed by atoms with Gasteiger partial charge in [-0.05, 0) is 44.9 Å². The Kier molecular flexibility index (Phi) is 61.1. The van der Waals surface area contributed by atoms with E-state index in [4.69, 9.17) is 14.2 Å². The normalized spacial score (nSPS) is 12.0. The van der Waals surface area contributed by atoms with Gasteiger partial charge in [0.05, 0.1) is 0 Å². The van der Waals surface area contributed by atoms with Crippen molar-refractivity contribution in [1.29, 1.82) is 0 Å². The van der Waals surface area contributed by atoms with Crippen molar-refractivity contribution in [3.8, 4) is 0 Å². The van der Waals surface area contributed by atoms with Gasteiger partial charge in [0.2, 0.25) is 0 Å². The Morgan fingerprint density at radius 2 is 0.452 bits per heavy atom. The van der Waals surface area contributed by atoms with Gasteiger partial charge in [-0.3, -0.25) is 14.4 Å². The van der Waals surface area contributed by atoms with Gasteiger partial charge >= 0.3 is 17.9 Å². The predicted molar refractivity (Wildman–Crippen MR) is 317 cm³/mol. The van der Waals surface area contributed by atoms with Crippen molar-refractivity contribution >= 4 is 17.9 Å². The summed E-state index contributed by atoms with van der Waals surface area (Å²) in [6.07, 6.45) is 74.0. The summed E-state index contributed by atoms with van der Waals surface area (Å²) in [5.74, 6) is -0.843. The lowest BCUT2D eigenvalue weighted by Crippen LogP contribution is -2.30. The zero-order chi connectivity index (χ0) is 52.9. The lowest BCUT2D eigenvalue weighted by molar-refractivity contribution is -0.167. The summed E-state index contributed by atoms with van der Waals surface area (Å²) in [5, 5.41) is 0. The van der Waals surface area contributed by atoms with Gasteiger partial charge in [-0.15, -0.1) is 0 Å². The van der Waals surface area contributed by atoms with Gasteiger partial charge in [0.25, 0.3) is 0 Å². The van der Waals surface area contributed by atoms with Gasteiger partial charge in [0.1, 0.15) is 13.2 Å². The van der Waals surface area contributed by atoms with Crippen molar-refractivity contribution in [1.82, 2.24) is 0 Å². The summed E-state index contributed by atoms with van der Waals surface area (Å²) in [5.41, 5.74) is 0. The second-order valence-electron chi connectivity index (χ2n) is 22.7. The molecule has 0 aliphatic heterocycles. The highest BCUT2D eigenvalue weighted by molar-refractivity contribution is 5.71. The molecule has 6 nitrogen and oxygen atoms in total. The van der Waals surface area contributed by atoms with Crippen molar-refractivity contribution < 1.29 is 28.6 Å². The van der Waals surface area contributed by atoms with Crippen LogP contribution in [-0.2, 0) is 28.6 Å². The average Bonchev–Trinajstić information content (AvgIpc) is 3.39. The standard InChI is InChI=1S/C67H128O6/c1-4-7-10-13-16-19-21-23-25-27-29-31-32-33-34-35-37-38-40-42-44-46-48-51-54-57-60-66(69)72-63-64(62-71-65(68)59-56-53-50-18-15-12-9-6-3)73-67(70)61-58-55-52-49-47-45-43-41-39-36-30-28-26-24-22-20-17-14-11-8-5-2/h28,30,64H,4-27,29,31-63H2,1-3H3/b30-28-. The van der Waals surface area contributed by atoms with E-state index >= 15 is 0 Å². The molecule has 73 heavy (non-hydrogen) atoms. The SMILES string of the molecule is CCCCCCCCCC/C=C\CCCCCCCCCCCC(=O)OC(COC(=O)CCCCCCCCCC)COC(=O)CCCCCCCCCCCCCCCCCCCCCCCCCCCC. The molecule has 1 atom stereocenters. The van der Waals surface area contributed by atoms with E-state index in [0.29, 0.717) is 19.3 Å². The van der Waals surface area contributed by atoms with Crippen LogP contribution in [-0.4, -0.2) is 37.2 Å². The third kappa shape index (κ3) is 60.9. The molecule has 0 heterocycles. The minimum Gasteiger partial charge on any atom is -0.462 e. The number of esters is 3. The summed E-state index contributed by atoms with van der Waals surface area (Å²) in [7, 11) is 0. The van der Waals surface area contributed by atoms with Gasteiger partial charge in [0, 0.05) is 19.3 Å². The van der Waals surface area contributed by atoms with Crippen molar-refractivity contribution in [3.05, 3.63) is 12.2 Å². The first kappa shape index (κ1) is 71.2. The fourth-order valence-electron chi connectivity index (χ4n) is 10.3. The molecule has 6 heteroatoms. The van der Waals surface area contributed by atoms with Gasteiger partial charge in [0.15, 0.2) is 6.10 Å². The molecule has 1 unspecified atom stereocenters. The number of ether oxygens (including phenoxy) is 3. The van der Waals surface area contributed by atoms with E-state index in [0.717, 1.165) is 57.8 Å². The smallest absolute Gasteiger partial charge is 0.306 e. The summed E-state index contributed by atoms with van der Waals surface area (Å²) in [4.78, 5) is 38.1. The van der Waals surface area contributed by atoms with Gasteiger partial charge < -0.3 is 14.2 Å². The van der Waals surface area contributed by atoms with Crippen LogP contribution in [0.15, 0.2) is 12.2 Å². The quantitative estimate of drug-likeness (QED) is 0.0261. The van der Waals surface area contributed by atoms with Crippen molar-refractivity contribution in [3.63, 3.8) is 0 Å². The maximum absolute atomic E-state index is 12.9. The highest BCUT2D eigenvalue weighted by Gasteiger charge is 2.19. The summed E-state index contributed by atoms with van der Waals surface area (Å²) >= 11 is 0. The van der Waals surface area contributed by atoms with Crippen LogP contribution in [0.2, 0.25) is 0 Å². The number of rotatable bonds is 62. The van der Waals surface area contributed by atoms with E-state index in [-0.39, 0.29) is 31.1 Å². The van der Waals surface area contributed by atoms with Crippen molar-refractivity contribution in [2.24, 2.45) is 0 Å². The van der Waals surface area contributed by atoms with Crippen LogP contribution in [0.1, 0.15) is 380 Å².